The fourth-order valence-electron chi connectivity index (χ4n) is 0.755. The second kappa shape index (κ2) is 5.80. The Morgan fingerprint density at radius 2 is 1.90 bits per heavy atom. The SMILES string of the molecule is S=C(S)N1CCOCC1.[NaH]. The van der Waals surface area contributed by atoms with Gasteiger partial charge in [0.15, 0.2) is 0 Å². The van der Waals surface area contributed by atoms with Crippen LogP contribution >= 0.6 is 24.8 Å². The summed E-state index contributed by atoms with van der Waals surface area (Å²) in [5.41, 5.74) is 0. The number of thiol groups is 1. The van der Waals surface area contributed by atoms with Gasteiger partial charge in [-0.15, -0.1) is 12.6 Å². The zero-order valence-corrected chi connectivity index (χ0v) is 6.75. The van der Waals surface area contributed by atoms with Crippen molar-refractivity contribution in [2.45, 2.75) is 0 Å². The summed E-state index contributed by atoms with van der Waals surface area (Å²) in [5.74, 6) is 0. The molecule has 0 bridgehead atoms. The molecule has 0 aromatic carbocycles. The average molecular weight is 187 g/mol. The number of thiocarbonyl (C=S) groups is 1. The van der Waals surface area contributed by atoms with Crippen molar-refractivity contribution in [3.63, 3.8) is 0 Å². The van der Waals surface area contributed by atoms with Crippen molar-refractivity contribution < 1.29 is 4.74 Å². The summed E-state index contributed by atoms with van der Waals surface area (Å²) in [4.78, 5) is 2.03. The molecular weight excluding hydrogens is 177 g/mol. The van der Waals surface area contributed by atoms with Gasteiger partial charge in [-0.1, -0.05) is 12.2 Å². The summed E-state index contributed by atoms with van der Waals surface area (Å²) in [6.45, 7) is 3.34. The molecule has 2 nitrogen and oxygen atoms in total. The number of hydrogen-bond acceptors (Lipinski definition) is 2. The first-order chi connectivity index (χ1) is 4.30. The summed E-state index contributed by atoms with van der Waals surface area (Å²) in [7, 11) is 0. The molecule has 54 valence electrons. The number of ether oxygens (including phenoxy) is 1. The molecule has 1 fully saturated rings. The van der Waals surface area contributed by atoms with Gasteiger partial charge in [0.25, 0.3) is 0 Å². The average Bonchev–Trinajstić information content (AvgIpc) is 1.90. The van der Waals surface area contributed by atoms with Gasteiger partial charge in [0, 0.05) is 13.1 Å². The van der Waals surface area contributed by atoms with Gasteiger partial charge in [0.1, 0.15) is 4.32 Å². The molecule has 0 spiro atoms. The van der Waals surface area contributed by atoms with E-state index < -0.39 is 0 Å². The van der Waals surface area contributed by atoms with E-state index in [1.165, 1.54) is 0 Å². The summed E-state index contributed by atoms with van der Waals surface area (Å²) in [6.07, 6.45) is 0. The maximum absolute atomic E-state index is 5.11. The van der Waals surface area contributed by atoms with E-state index in [0.717, 1.165) is 26.3 Å². The number of nitrogens with zero attached hydrogens (tertiary/aromatic N) is 1. The first kappa shape index (κ1) is 11.2. The summed E-state index contributed by atoms with van der Waals surface area (Å²) < 4.78 is 5.79. The van der Waals surface area contributed by atoms with Crippen LogP contribution in [0.4, 0.5) is 0 Å². The Balaban J connectivity index is 0.000000810. The topological polar surface area (TPSA) is 12.5 Å². The van der Waals surface area contributed by atoms with Gasteiger partial charge in [-0.2, -0.15) is 0 Å². The van der Waals surface area contributed by atoms with Gasteiger partial charge in [-0.05, 0) is 0 Å². The third kappa shape index (κ3) is 3.55. The fourth-order valence-corrected chi connectivity index (χ4v) is 1.14. The zero-order chi connectivity index (χ0) is 6.69. The number of rotatable bonds is 0. The minimum atomic E-state index is 0. The van der Waals surface area contributed by atoms with Gasteiger partial charge in [-0.25, -0.2) is 0 Å². The van der Waals surface area contributed by atoms with Crippen LogP contribution in [0.25, 0.3) is 0 Å². The molecule has 1 aliphatic heterocycles. The molecule has 1 heterocycles. The second-order valence-electron chi connectivity index (χ2n) is 1.88. The molecular formula is C5H10NNaOS2. The molecule has 0 aromatic rings. The molecule has 5 heteroatoms. The molecule has 0 radical (unpaired) electrons. The maximum atomic E-state index is 5.11. The van der Waals surface area contributed by atoms with Crippen LogP contribution in [-0.2, 0) is 4.74 Å². The van der Waals surface area contributed by atoms with Crippen molar-refractivity contribution in [1.29, 1.82) is 0 Å². The Labute approximate surface area is 94.0 Å². The van der Waals surface area contributed by atoms with Crippen molar-refractivity contribution in [3.8, 4) is 0 Å². The predicted octanol–water partition coefficient (Wildman–Crippen LogP) is -0.115. The van der Waals surface area contributed by atoms with Crippen LogP contribution in [0.3, 0.4) is 0 Å². The van der Waals surface area contributed by atoms with E-state index in [1.54, 1.807) is 0 Å². The van der Waals surface area contributed by atoms with Crippen LogP contribution in [0.1, 0.15) is 0 Å². The van der Waals surface area contributed by atoms with E-state index in [4.69, 9.17) is 17.0 Å². The molecule has 0 saturated carbocycles. The van der Waals surface area contributed by atoms with Gasteiger partial charge < -0.3 is 9.64 Å². The summed E-state index contributed by atoms with van der Waals surface area (Å²) in [6, 6.07) is 0. The standard InChI is InChI=1S/C5H9NOS2.Na.H/c8-5(9)6-1-3-7-4-2-6;;/h1-4H2,(H,8,9);;. The normalized spacial score (nSPS) is 17.9. The van der Waals surface area contributed by atoms with Crippen molar-refractivity contribution in [1.82, 2.24) is 4.90 Å². The van der Waals surface area contributed by atoms with E-state index in [9.17, 15) is 0 Å². The van der Waals surface area contributed by atoms with Gasteiger partial charge in [0.05, 0.1) is 13.2 Å². The first-order valence-electron chi connectivity index (χ1n) is 2.86. The molecule has 1 aliphatic rings. The molecule has 0 aliphatic carbocycles. The molecule has 10 heavy (non-hydrogen) atoms. The molecule has 0 amide bonds. The predicted molar refractivity (Wildman–Crippen MR) is 51.1 cm³/mol. The van der Waals surface area contributed by atoms with E-state index >= 15 is 0 Å². The van der Waals surface area contributed by atoms with Crippen LogP contribution in [0, 0.1) is 0 Å². The van der Waals surface area contributed by atoms with E-state index in [1.807, 2.05) is 4.90 Å². The Hall–Kier alpha value is 1.20. The van der Waals surface area contributed by atoms with Crippen LogP contribution in [0.2, 0.25) is 0 Å². The summed E-state index contributed by atoms with van der Waals surface area (Å²) >= 11 is 8.89. The third-order valence-electron chi connectivity index (χ3n) is 1.28. The van der Waals surface area contributed by atoms with Crippen molar-refractivity contribution >= 4 is 58.7 Å². The molecule has 0 atom stereocenters. The molecule has 1 saturated heterocycles. The van der Waals surface area contributed by atoms with E-state index in [-0.39, 0.29) is 29.6 Å². The third-order valence-corrected chi connectivity index (χ3v) is 1.82. The molecule has 0 aromatic heterocycles. The number of morpholine rings is 1. The second-order valence-corrected chi connectivity index (χ2v) is 2.99. The monoisotopic (exact) mass is 187 g/mol. The van der Waals surface area contributed by atoms with Gasteiger partial charge in [0.2, 0.25) is 0 Å². The van der Waals surface area contributed by atoms with Crippen molar-refractivity contribution in [3.05, 3.63) is 0 Å². The van der Waals surface area contributed by atoms with Gasteiger partial charge in [-0.3, -0.25) is 0 Å². The Morgan fingerprint density at radius 1 is 1.40 bits per heavy atom. The van der Waals surface area contributed by atoms with E-state index in [2.05, 4.69) is 12.6 Å². The first-order valence-corrected chi connectivity index (χ1v) is 3.72. The van der Waals surface area contributed by atoms with Crippen LogP contribution in [0.5, 0.6) is 0 Å². The quantitative estimate of drug-likeness (QED) is 0.323. The Bertz CT molecular complexity index is 116. The molecule has 0 unspecified atom stereocenters. The summed E-state index contributed by atoms with van der Waals surface area (Å²) in [5, 5.41) is 0. The molecule has 1 rings (SSSR count). The minimum absolute atomic E-state index is 0. The van der Waals surface area contributed by atoms with Gasteiger partial charge >= 0.3 is 29.6 Å². The van der Waals surface area contributed by atoms with Crippen molar-refractivity contribution in [2.75, 3.05) is 26.3 Å². The number of hydrogen-bond donors (Lipinski definition) is 1. The Morgan fingerprint density at radius 3 is 2.20 bits per heavy atom. The zero-order valence-electron chi connectivity index (χ0n) is 5.04. The Kier molecular flexibility index (Phi) is 6.50. The van der Waals surface area contributed by atoms with Crippen LogP contribution in [0.15, 0.2) is 0 Å². The van der Waals surface area contributed by atoms with Crippen molar-refractivity contribution in [2.24, 2.45) is 0 Å². The van der Waals surface area contributed by atoms with E-state index in [0.29, 0.717) is 4.32 Å². The molecule has 0 N–H and O–H groups in total. The van der Waals surface area contributed by atoms with Crippen LogP contribution in [-0.4, -0.2) is 65.1 Å². The fraction of sp³-hybridized carbons (Fsp3) is 0.800. The van der Waals surface area contributed by atoms with Crippen LogP contribution < -0.4 is 0 Å².